The van der Waals surface area contributed by atoms with Gasteiger partial charge in [0.2, 0.25) is 11.8 Å². The number of hydrogen-bond acceptors (Lipinski definition) is 5. The lowest BCUT2D eigenvalue weighted by Gasteiger charge is -2.13. The minimum Gasteiger partial charge on any atom is -0.478 e. The van der Waals surface area contributed by atoms with Gasteiger partial charge >= 0.3 is 5.97 Å². The summed E-state index contributed by atoms with van der Waals surface area (Å²) in [7, 11) is 0. The number of rotatable bonds is 5. The maximum atomic E-state index is 13.0. The first-order valence-electron chi connectivity index (χ1n) is 7.78. The zero-order valence-electron chi connectivity index (χ0n) is 13.7. The molecule has 3 amide bonds. The van der Waals surface area contributed by atoms with Gasteiger partial charge in [0.1, 0.15) is 11.1 Å². The monoisotopic (exact) mass is 388 g/mol. The van der Waals surface area contributed by atoms with Crippen LogP contribution in [0.4, 0.5) is 20.6 Å². The van der Waals surface area contributed by atoms with Crippen LogP contribution in [0.1, 0.15) is 16.8 Å². The summed E-state index contributed by atoms with van der Waals surface area (Å²) in [5, 5.41) is 10.0. The van der Waals surface area contributed by atoms with E-state index in [0.717, 1.165) is 17.0 Å². The van der Waals surface area contributed by atoms with Gasteiger partial charge in [-0.3, -0.25) is 14.4 Å². The molecule has 1 saturated heterocycles. The van der Waals surface area contributed by atoms with Crippen LogP contribution in [0.2, 0.25) is 0 Å². The Morgan fingerprint density at radius 2 is 1.85 bits per heavy atom. The van der Waals surface area contributed by atoms with Crippen molar-refractivity contribution in [1.29, 1.82) is 0 Å². The van der Waals surface area contributed by atoms with Crippen LogP contribution in [-0.4, -0.2) is 33.4 Å². The molecule has 0 radical (unpaired) electrons. The van der Waals surface area contributed by atoms with E-state index in [2.05, 4.69) is 5.32 Å². The van der Waals surface area contributed by atoms with E-state index in [0.29, 0.717) is 11.8 Å². The average molecular weight is 388 g/mol. The van der Waals surface area contributed by atoms with Gasteiger partial charge in [0.25, 0.3) is 5.24 Å². The Bertz CT molecular complexity index is 932. The predicted molar refractivity (Wildman–Crippen MR) is 97.3 cm³/mol. The van der Waals surface area contributed by atoms with Crippen molar-refractivity contribution in [2.75, 3.05) is 10.2 Å². The molecule has 1 atom stereocenters. The molecule has 1 aliphatic heterocycles. The molecule has 7 nitrogen and oxygen atoms in total. The number of thioether (sulfide) groups is 1. The van der Waals surface area contributed by atoms with Gasteiger partial charge in [-0.05, 0) is 54.2 Å². The largest absolute Gasteiger partial charge is 0.478 e. The smallest absolute Gasteiger partial charge is 0.335 e. The Balaban J connectivity index is 1.67. The van der Waals surface area contributed by atoms with Gasteiger partial charge in [0.05, 0.1) is 11.3 Å². The van der Waals surface area contributed by atoms with E-state index < -0.39 is 34.1 Å². The number of carbonyl (C=O) groups is 4. The fourth-order valence-corrected chi connectivity index (χ4v) is 3.51. The van der Waals surface area contributed by atoms with E-state index >= 15 is 0 Å². The van der Waals surface area contributed by atoms with Crippen LogP contribution < -0.4 is 10.2 Å². The molecule has 1 aliphatic rings. The Hall–Kier alpha value is -3.20. The number of carbonyl (C=O) groups excluding carboxylic acids is 3. The second-order valence-electron chi connectivity index (χ2n) is 5.66. The van der Waals surface area contributed by atoms with E-state index in [4.69, 9.17) is 5.11 Å². The highest BCUT2D eigenvalue weighted by Crippen LogP contribution is 2.33. The number of carboxylic acid groups (broad SMARTS) is 1. The van der Waals surface area contributed by atoms with Crippen molar-refractivity contribution in [3.05, 3.63) is 59.9 Å². The van der Waals surface area contributed by atoms with Gasteiger partial charge in [-0.1, -0.05) is 6.07 Å². The standard InChI is InChI=1S/C18H13FN2O5S/c19-11-4-6-13(7-5-11)21-16(23)14(27-18(21)26)9-15(22)20-12-3-1-2-10(8-12)17(24)25/h1-8,14H,9H2,(H,20,22)(H,24,25). The molecule has 0 bridgehead atoms. The summed E-state index contributed by atoms with van der Waals surface area (Å²) in [5.74, 6) is -2.72. The summed E-state index contributed by atoms with van der Waals surface area (Å²) < 4.78 is 13.0. The third kappa shape index (κ3) is 4.14. The SMILES string of the molecule is O=C(CC1SC(=O)N(c2ccc(F)cc2)C1=O)Nc1cccc(C(=O)O)c1. The van der Waals surface area contributed by atoms with Crippen LogP contribution in [0.15, 0.2) is 48.5 Å². The summed E-state index contributed by atoms with van der Waals surface area (Å²) in [6, 6.07) is 10.6. The molecule has 0 spiro atoms. The summed E-state index contributed by atoms with van der Waals surface area (Å²) in [5.41, 5.74) is 0.518. The van der Waals surface area contributed by atoms with Crippen LogP contribution in [0, 0.1) is 5.82 Å². The van der Waals surface area contributed by atoms with Crippen LogP contribution in [-0.2, 0) is 9.59 Å². The number of benzene rings is 2. The van der Waals surface area contributed by atoms with Crippen LogP contribution in [0.3, 0.4) is 0 Å². The first-order chi connectivity index (χ1) is 12.8. The van der Waals surface area contributed by atoms with E-state index in [-0.39, 0.29) is 23.4 Å². The maximum absolute atomic E-state index is 13.0. The lowest BCUT2D eigenvalue weighted by atomic mass is 10.2. The number of amides is 3. The molecule has 2 aromatic rings. The number of carboxylic acids is 1. The first kappa shape index (κ1) is 18.6. The quantitative estimate of drug-likeness (QED) is 0.816. The minimum atomic E-state index is -1.13. The van der Waals surface area contributed by atoms with Gasteiger partial charge in [0, 0.05) is 12.1 Å². The second kappa shape index (κ2) is 7.58. The van der Waals surface area contributed by atoms with Crippen molar-refractivity contribution < 1.29 is 28.7 Å². The van der Waals surface area contributed by atoms with Gasteiger partial charge < -0.3 is 10.4 Å². The number of hydrogen-bond donors (Lipinski definition) is 2. The average Bonchev–Trinajstić information content (AvgIpc) is 2.89. The Morgan fingerprint density at radius 1 is 1.15 bits per heavy atom. The van der Waals surface area contributed by atoms with E-state index in [9.17, 15) is 23.6 Å². The molecule has 27 heavy (non-hydrogen) atoms. The molecule has 138 valence electrons. The van der Waals surface area contributed by atoms with Crippen molar-refractivity contribution in [1.82, 2.24) is 0 Å². The molecule has 0 aromatic heterocycles. The molecule has 1 unspecified atom stereocenters. The van der Waals surface area contributed by atoms with Crippen molar-refractivity contribution in [3.8, 4) is 0 Å². The van der Waals surface area contributed by atoms with Crippen molar-refractivity contribution in [2.45, 2.75) is 11.7 Å². The number of nitrogens with zero attached hydrogens (tertiary/aromatic N) is 1. The van der Waals surface area contributed by atoms with Crippen molar-refractivity contribution in [3.63, 3.8) is 0 Å². The van der Waals surface area contributed by atoms with Crippen molar-refractivity contribution in [2.24, 2.45) is 0 Å². The first-order valence-corrected chi connectivity index (χ1v) is 8.66. The van der Waals surface area contributed by atoms with Gasteiger partial charge in [-0.2, -0.15) is 0 Å². The maximum Gasteiger partial charge on any atom is 0.335 e. The molecule has 0 saturated carbocycles. The van der Waals surface area contributed by atoms with E-state index in [1.165, 1.54) is 36.4 Å². The molecule has 9 heteroatoms. The highest BCUT2D eigenvalue weighted by atomic mass is 32.2. The minimum absolute atomic E-state index is 0.0109. The topological polar surface area (TPSA) is 104 Å². The molecular formula is C18H13FN2O5S. The molecule has 0 aliphatic carbocycles. The highest BCUT2D eigenvalue weighted by Gasteiger charge is 2.41. The van der Waals surface area contributed by atoms with Crippen LogP contribution in [0.25, 0.3) is 0 Å². The summed E-state index contributed by atoms with van der Waals surface area (Å²) in [6.45, 7) is 0. The summed E-state index contributed by atoms with van der Waals surface area (Å²) in [6.07, 6.45) is -0.260. The lowest BCUT2D eigenvalue weighted by molar-refractivity contribution is -0.121. The van der Waals surface area contributed by atoms with Gasteiger partial charge in [-0.25, -0.2) is 14.1 Å². The van der Waals surface area contributed by atoms with Crippen LogP contribution >= 0.6 is 11.8 Å². The number of halogens is 1. The number of imide groups is 1. The number of nitrogens with one attached hydrogen (secondary N) is 1. The molecule has 2 N–H and O–H groups in total. The molecule has 2 aromatic carbocycles. The lowest BCUT2D eigenvalue weighted by Crippen LogP contribution is -2.32. The third-order valence-corrected chi connectivity index (χ3v) is 4.81. The zero-order chi connectivity index (χ0) is 19.6. The Labute approximate surface area is 157 Å². The summed E-state index contributed by atoms with van der Waals surface area (Å²) in [4.78, 5) is 48.6. The fourth-order valence-electron chi connectivity index (χ4n) is 2.52. The molecule has 1 heterocycles. The highest BCUT2D eigenvalue weighted by molar-refractivity contribution is 8.15. The number of anilines is 2. The van der Waals surface area contributed by atoms with Gasteiger partial charge in [0.15, 0.2) is 0 Å². The zero-order valence-corrected chi connectivity index (χ0v) is 14.5. The normalized spacial score (nSPS) is 16.5. The Kier molecular flexibility index (Phi) is 5.22. The fraction of sp³-hybridized carbons (Fsp3) is 0.111. The Morgan fingerprint density at radius 3 is 2.52 bits per heavy atom. The molecule has 1 fully saturated rings. The van der Waals surface area contributed by atoms with E-state index in [1.807, 2.05) is 0 Å². The molecular weight excluding hydrogens is 375 g/mol. The van der Waals surface area contributed by atoms with E-state index in [1.54, 1.807) is 0 Å². The third-order valence-electron chi connectivity index (χ3n) is 3.77. The van der Waals surface area contributed by atoms with Gasteiger partial charge in [-0.15, -0.1) is 0 Å². The van der Waals surface area contributed by atoms with Crippen molar-refractivity contribution >= 4 is 46.2 Å². The molecule has 3 rings (SSSR count). The summed E-state index contributed by atoms with van der Waals surface area (Å²) >= 11 is 0.716. The predicted octanol–water partition coefficient (Wildman–Crippen LogP) is 3.12. The second-order valence-corrected chi connectivity index (χ2v) is 6.81. The number of aromatic carboxylic acids is 1. The van der Waals surface area contributed by atoms with Crippen LogP contribution in [0.5, 0.6) is 0 Å².